The molecule has 0 radical (unpaired) electrons. The molecule has 0 aliphatic carbocycles. The summed E-state index contributed by atoms with van der Waals surface area (Å²) in [5.74, 6) is 1.68. The zero-order valence-corrected chi connectivity index (χ0v) is 12.0. The van der Waals surface area contributed by atoms with Crippen LogP contribution in [0.3, 0.4) is 0 Å². The van der Waals surface area contributed by atoms with Crippen LogP contribution in [0.15, 0.2) is 36.5 Å². The fourth-order valence-corrected chi connectivity index (χ4v) is 1.83. The van der Waals surface area contributed by atoms with Crippen molar-refractivity contribution in [2.24, 2.45) is 5.73 Å². The summed E-state index contributed by atoms with van der Waals surface area (Å²) in [6, 6.07) is 10.7. The largest absolute Gasteiger partial charge is 0.497 e. The summed E-state index contributed by atoms with van der Waals surface area (Å²) in [6.45, 7) is 2.01. The average molecular weight is 283 g/mol. The molecule has 1 aromatic carbocycles. The van der Waals surface area contributed by atoms with Crippen LogP contribution in [-0.4, -0.2) is 12.1 Å². The molecular formula is C16H17N3O2. The molecule has 1 aromatic heterocycles. The topological polar surface area (TPSA) is 81.2 Å². The molecule has 2 N–H and O–H groups in total. The molecule has 0 aliphatic heterocycles. The van der Waals surface area contributed by atoms with Gasteiger partial charge in [-0.3, -0.25) is 4.98 Å². The maximum Gasteiger partial charge on any atom is 0.145 e. The number of benzene rings is 1. The second-order valence-electron chi connectivity index (χ2n) is 4.54. The van der Waals surface area contributed by atoms with E-state index in [0.29, 0.717) is 22.8 Å². The van der Waals surface area contributed by atoms with Gasteiger partial charge in [-0.2, -0.15) is 5.26 Å². The minimum absolute atomic E-state index is 0.0685. The van der Waals surface area contributed by atoms with Gasteiger partial charge in [-0.25, -0.2) is 0 Å². The van der Waals surface area contributed by atoms with Crippen LogP contribution in [0.4, 0.5) is 0 Å². The number of aromatic nitrogens is 1. The molecule has 5 heteroatoms. The molecule has 0 amide bonds. The van der Waals surface area contributed by atoms with Crippen molar-refractivity contribution in [1.29, 1.82) is 5.26 Å². The first-order valence-corrected chi connectivity index (χ1v) is 6.64. The predicted molar refractivity (Wildman–Crippen MR) is 79.2 cm³/mol. The summed E-state index contributed by atoms with van der Waals surface area (Å²) >= 11 is 0. The van der Waals surface area contributed by atoms with Gasteiger partial charge in [0, 0.05) is 12.1 Å². The quantitative estimate of drug-likeness (QED) is 0.911. The lowest BCUT2D eigenvalue weighted by molar-refractivity contribution is 0.408. The molecule has 1 atom stereocenters. The summed E-state index contributed by atoms with van der Waals surface area (Å²) < 4.78 is 10.8. The molecule has 108 valence electrons. The fraction of sp³-hybridized carbons (Fsp3) is 0.250. The van der Waals surface area contributed by atoms with E-state index in [1.165, 1.54) is 0 Å². The van der Waals surface area contributed by atoms with Crippen LogP contribution in [0.25, 0.3) is 0 Å². The summed E-state index contributed by atoms with van der Waals surface area (Å²) in [5.41, 5.74) is 7.22. The molecule has 1 heterocycles. The molecular weight excluding hydrogens is 266 g/mol. The monoisotopic (exact) mass is 283 g/mol. The second kappa shape index (κ2) is 6.73. The van der Waals surface area contributed by atoms with Gasteiger partial charge in [0.2, 0.25) is 0 Å². The third-order valence-corrected chi connectivity index (χ3v) is 3.06. The van der Waals surface area contributed by atoms with E-state index >= 15 is 0 Å². The third kappa shape index (κ3) is 3.71. The van der Waals surface area contributed by atoms with Gasteiger partial charge in [-0.05, 0) is 30.7 Å². The van der Waals surface area contributed by atoms with Gasteiger partial charge < -0.3 is 15.2 Å². The molecule has 0 saturated heterocycles. The molecule has 2 rings (SSSR count). The number of nitriles is 1. The number of hydrogen-bond donors (Lipinski definition) is 1. The van der Waals surface area contributed by atoms with Crippen LogP contribution < -0.4 is 15.2 Å². The van der Waals surface area contributed by atoms with E-state index in [1.807, 2.05) is 19.1 Å². The van der Waals surface area contributed by atoms with E-state index in [4.69, 9.17) is 20.5 Å². The Morgan fingerprint density at radius 2 is 2.00 bits per heavy atom. The highest BCUT2D eigenvalue weighted by Crippen LogP contribution is 2.27. The number of hydrogen-bond acceptors (Lipinski definition) is 5. The molecule has 0 fully saturated rings. The zero-order chi connectivity index (χ0) is 15.2. The number of nitrogens with two attached hydrogens (primary N) is 1. The first-order chi connectivity index (χ1) is 10.2. The van der Waals surface area contributed by atoms with E-state index < -0.39 is 0 Å². The van der Waals surface area contributed by atoms with Crippen molar-refractivity contribution < 1.29 is 9.47 Å². The van der Waals surface area contributed by atoms with Crippen molar-refractivity contribution in [1.82, 2.24) is 4.98 Å². The minimum atomic E-state index is -0.0685. The Morgan fingerprint density at radius 3 is 2.57 bits per heavy atom. The van der Waals surface area contributed by atoms with Gasteiger partial charge in [-0.15, -0.1) is 0 Å². The Bertz CT molecular complexity index is 648. The van der Waals surface area contributed by atoms with Crippen LogP contribution in [-0.2, 0) is 0 Å². The Balaban J connectivity index is 2.20. The van der Waals surface area contributed by atoms with Crippen molar-refractivity contribution in [3.05, 3.63) is 47.8 Å². The third-order valence-electron chi connectivity index (χ3n) is 3.06. The normalized spacial score (nSPS) is 11.5. The number of methoxy groups -OCH3 is 1. The molecule has 0 aliphatic rings. The molecule has 21 heavy (non-hydrogen) atoms. The van der Waals surface area contributed by atoms with E-state index in [1.54, 1.807) is 31.5 Å². The van der Waals surface area contributed by atoms with Crippen molar-refractivity contribution in [2.75, 3.05) is 7.11 Å². The van der Waals surface area contributed by atoms with Crippen LogP contribution >= 0.6 is 0 Å². The molecule has 1 unspecified atom stereocenters. The number of rotatable bonds is 5. The molecule has 0 spiro atoms. The standard InChI is InChI=1S/C16H17N3O2/c1-3-15(18)16-5-4-12(10-19-16)21-14-7-11(9-17)6-13(8-14)20-2/h4-8,10,15H,3,18H2,1-2H3. The van der Waals surface area contributed by atoms with Gasteiger partial charge in [0.15, 0.2) is 0 Å². The molecule has 0 saturated carbocycles. The number of pyridine rings is 1. The summed E-state index contributed by atoms with van der Waals surface area (Å²) in [7, 11) is 1.54. The summed E-state index contributed by atoms with van der Waals surface area (Å²) in [6.07, 6.45) is 2.45. The Labute approximate surface area is 123 Å². The summed E-state index contributed by atoms with van der Waals surface area (Å²) in [5, 5.41) is 8.99. The second-order valence-corrected chi connectivity index (χ2v) is 4.54. The highest BCUT2D eigenvalue weighted by atomic mass is 16.5. The summed E-state index contributed by atoms with van der Waals surface area (Å²) in [4.78, 5) is 4.28. The smallest absolute Gasteiger partial charge is 0.145 e. The van der Waals surface area contributed by atoms with Crippen molar-refractivity contribution in [2.45, 2.75) is 19.4 Å². The zero-order valence-electron chi connectivity index (χ0n) is 12.0. The van der Waals surface area contributed by atoms with Gasteiger partial charge >= 0.3 is 0 Å². The van der Waals surface area contributed by atoms with Crippen molar-refractivity contribution in [3.63, 3.8) is 0 Å². The number of nitrogens with zero attached hydrogens (tertiary/aromatic N) is 2. The SMILES string of the molecule is CCC(N)c1ccc(Oc2cc(C#N)cc(OC)c2)cn1. The van der Waals surface area contributed by atoms with E-state index in [2.05, 4.69) is 11.1 Å². The Hall–Kier alpha value is -2.58. The van der Waals surface area contributed by atoms with Gasteiger partial charge in [0.25, 0.3) is 0 Å². The van der Waals surface area contributed by atoms with Crippen molar-refractivity contribution in [3.8, 4) is 23.3 Å². The molecule has 5 nitrogen and oxygen atoms in total. The van der Waals surface area contributed by atoms with Gasteiger partial charge in [0.05, 0.1) is 30.6 Å². The van der Waals surface area contributed by atoms with Crippen LogP contribution in [0, 0.1) is 11.3 Å². The van der Waals surface area contributed by atoms with Crippen LogP contribution in [0.1, 0.15) is 30.6 Å². The van der Waals surface area contributed by atoms with Crippen LogP contribution in [0.2, 0.25) is 0 Å². The van der Waals surface area contributed by atoms with E-state index in [0.717, 1.165) is 12.1 Å². The fourth-order valence-electron chi connectivity index (χ4n) is 1.83. The average Bonchev–Trinajstić information content (AvgIpc) is 2.54. The lowest BCUT2D eigenvalue weighted by Gasteiger charge is -2.10. The van der Waals surface area contributed by atoms with Crippen LogP contribution in [0.5, 0.6) is 17.2 Å². The Morgan fingerprint density at radius 1 is 1.24 bits per heavy atom. The molecule has 0 bridgehead atoms. The lowest BCUT2D eigenvalue weighted by Crippen LogP contribution is -2.10. The van der Waals surface area contributed by atoms with E-state index in [-0.39, 0.29) is 6.04 Å². The van der Waals surface area contributed by atoms with Gasteiger partial charge in [0.1, 0.15) is 17.2 Å². The maximum atomic E-state index is 8.99. The first kappa shape index (κ1) is 14.8. The lowest BCUT2D eigenvalue weighted by atomic mass is 10.1. The highest BCUT2D eigenvalue weighted by Gasteiger charge is 2.07. The number of ether oxygens (including phenoxy) is 2. The minimum Gasteiger partial charge on any atom is -0.497 e. The van der Waals surface area contributed by atoms with Crippen molar-refractivity contribution >= 4 is 0 Å². The maximum absolute atomic E-state index is 8.99. The van der Waals surface area contributed by atoms with E-state index in [9.17, 15) is 0 Å². The predicted octanol–water partition coefficient (Wildman–Crippen LogP) is 3.16. The first-order valence-electron chi connectivity index (χ1n) is 6.64. The molecule has 2 aromatic rings. The van der Waals surface area contributed by atoms with Gasteiger partial charge in [-0.1, -0.05) is 6.92 Å². The Kier molecular flexibility index (Phi) is 4.75. The highest BCUT2D eigenvalue weighted by molar-refractivity contribution is 5.45.